The number of carbonyl (C=O) groups excluding carboxylic acids is 2. The number of benzene rings is 1. The first-order valence-electron chi connectivity index (χ1n) is 10.8. The Hall–Kier alpha value is -2.32. The Bertz CT molecular complexity index is 882. The van der Waals surface area contributed by atoms with Gasteiger partial charge in [0.25, 0.3) is 0 Å². The van der Waals surface area contributed by atoms with E-state index in [4.69, 9.17) is 14.0 Å². The minimum Gasteiger partial charge on any atom is -0.445 e. The largest absolute Gasteiger partial charge is 0.494 e. The highest BCUT2D eigenvalue weighted by molar-refractivity contribution is 6.62. The number of hydrogen-bond acceptors (Lipinski definition) is 5. The molecule has 3 aliphatic rings. The minimum absolute atomic E-state index is 0.0112. The topological polar surface area (TPSA) is 85.9 Å². The first kappa shape index (κ1) is 21.9. The quantitative estimate of drug-likeness (QED) is 0.397. The fourth-order valence-electron chi connectivity index (χ4n) is 4.48. The highest BCUT2D eigenvalue weighted by Crippen LogP contribution is 2.59. The highest BCUT2D eigenvalue weighted by Gasteiger charge is 2.56. The van der Waals surface area contributed by atoms with Crippen molar-refractivity contribution in [2.24, 2.45) is 11.3 Å². The molecule has 1 saturated heterocycles. The van der Waals surface area contributed by atoms with Crippen LogP contribution in [0.4, 0.5) is 4.79 Å². The van der Waals surface area contributed by atoms with Crippen LogP contribution in [-0.2, 0) is 25.4 Å². The van der Waals surface area contributed by atoms with Gasteiger partial charge in [-0.05, 0) is 56.6 Å². The number of nitrogens with one attached hydrogen (secondary N) is 2. The third kappa shape index (κ3) is 4.11. The maximum absolute atomic E-state index is 12.3. The minimum atomic E-state index is -0.431. The molecule has 2 aliphatic carbocycles. The smallest absolute Gasteiger partial charge is 0.445 e. The summed E-state index contributed by atoms with van der Waals surface area (Å²) in [6.07, 6.45) is 3.27. The van der Waals surface area contributed by atoms with Gasteiger partial charge in [0.05, 0.1) is 17.2 Å². The third-order valence-electron chi connectivity index (χ3n) is 7.35. The molecule has 1 aromatic rings. The van der Waals surface area contributed by atoms with Gasteiger partial charge in [-0.2, -0.15) is 0 Å². The van der Waals surface area contributed by atoms with Gasteiger partial charge in [0.2, 0.25) is 6.41 Å². The van der Waals surface area contributed by atoms with Crippen molar-refractivity contribution in [1.29, 1.82) is 0 Å². The van der Waals surface area contributed by atoms with E-state index < -0.39 is 13.2 Å². The zero-order valence-corrected chi connectivity index (χ0v) is 18.9. The van der Waals surface area contributed by atoms with Crippen molar-refractivity contribution < 1.29 is 23.6 Å². The second-order valence-corrected chi connectivity index (χ2v) is 9.94. The Morgan fingerprint density at radius 2 is 1.81 bits per heavy atom. The second kappa shape index (κ2) is 7.67. The van der Waals surface area contributed by atoms with Crippen molar-refractivity contribution in [3.63, 3.8) is 0 Å². The van der Waals surface area contributed by atoms with Crippen molar-refractivity contribution in [2.45, 2.75) is 64.9 Å². The van der Waals surface area contributed by atoms with Crippen LogP contribution < -0.4 is 16.1 Å². The fraction of sp³-hybridized carbons (Fsp3) is 0.565. The van der Waals surface area contributed by atoms with Crippen LogP contribution in [0.1, 0.15) is 46.6 Å². The Kier molecular flexibility index (Phi) is 5.42. The summed E-state index contributed by atoms with van der Waals surface area (Å²) in [5.41, 5.74) is 2.31. The van der Waals surface area contributed by atoms with Gasteiger partial charge < -0.3 is 24.7 Å². The molecule has 3 atom stereocenters. The van der Waals surface area contributed by atoms with Crippen molar-refractivity contribution in [3.8, 4) is 0 Å². The van der Waals surface area contributed by atoms with Crippen molar-refractivity contribution >= 4 is 25.1 Å². The lowest BCUT2D eigenvalue weighted by Crippen LogP contribution is -2.41. The molecule has 31 heavy (non-hydrogen) atoms. The van der Waals surface area contributed by atoms with E-state index in [0.29, 0.717) is 12.5 Å². The van der Waals surface area contributed by atoms with Crippen LogP contribution >= 0.6 is 0 Å². The number of rotatable bonds is 7. The number of alkyl carbamates (subject to hydrolysis) is 1. The highest BCUT2D eigenvalue weighted by atomic mass is 16.7. The van der Waals surface area contributed by atoms with E-state index in [1.807, 2.05) is 52.0 Å². The molecule has 0 bridgehead atoms. The number of hydrogen-bond donors (Lipinski definition) is 2. The molecule has 0 aromatic heterocycles. The lowest BCUT2D eigenvalue weighted by molar-refractivity contribution is -0.109. The Balaban J connectivity index is 1.26. The summed E-state index contributed by atoms with van der Waals surface area (Å²) in [5.74, 6) is 0.306. The predicted octanol–water partition coefficient (Wildman–Crippen LogP) is 2.29. The Labute approximate surface area is 184 Å². The summed E-state index contributed by atoms with van der Waals surface area (Å²) in [5, 5.41) is 5.71. The fourth-order valence-corrected chi connectivity index (χ4v) is 4.48. The molecule has 8 heteroatoms. The van der Waals surface area contributed by atoms with E-state index in [2.05, 4.69) is 23.6 Å². The molecule has 2 amide bonds. The van der Waals surface area contributed by atoms with Gasteiger partial charge >= 0.3 is 13.2 Å². The third-order valence-corrected chi connectivity index (χ3v) is 7.35. The van der Waals surface area contributed by atoms with E-state index in [0.717, 1.165) is 23.9 Å². The predicted molar refractivity (Wildman–Crippen MR) is 118 cm³/mol. The SMILES string of the molecule is CC12C=C1C(NC(=O)OCc1ccc(B3OC(C)(C)C(C)(C)O3)cc1)CC2CNC=O. The molecular weight excluding hydrogens is 395 g/mol. The van der Waals surface area contributed by atoms with Gasteiger partial charge in [0.1, 0.15) is 6.61 Å². The Morgan fingerprint density at radius 3 is 2.42 bits per heavy atom. The molecule has 2 N–H and O–H groups in total. The molecule has 0 spiro atoms. The summed E-state index contributed by atoms with van der Waals surface area (Å²) in [4.78, 5) is 22.9. The Morgan fingerprint density at radius 1 is 1.16 bits per heavy atom. The number of allylic oxidation sites excluding steroid dienone is 1. The van der Waals surface area contributed by atoms with Gasteiger partial charge in [-0.15, -0.1) is 0 Å². The standard InChI is InChI=1S/C23H31BN2O5/c1-21(2)22(3,4)31-24(30-21)17-8-6-15(7-9-17)13-29-20(28)26-19-10-16(12-25-14-27)23(5)11-18(19)23/h6-9,11,14,16,19H,10,12-13H2,1-5H3,(H,25,27)(H,26,28). The van der Waals surface area contributed by atoms with E-state index in [1.54, 1.807) is 0 Å². The van der Waals surface area contributed by atoms with Crippen molar-refractivity contribution in [3.05, 3.63) is 41.5 Å². The van der Waals surface area contributed by atoms with Crippen LogP contribution in [0.2, 0.25) is 0 Å². The van der Waals surface area contributed by atoms with Crippen molar-refractivity contribution in [1.82, 2.24) is 10.6 Å². The molecule has 3 unspecified atom stereocenters. The first-order chi connectivity index (χ1) is 14.6. The summed E-state index contributed by atoms with van der Waals surface area (Å²) in [7, 11) is -0.409. The van der Waals surface area contributed by atoms with Crippen LogP contribution in [0.25, 0.3) is 0 Å². The van der Waals surface area contributed by atoms with E-state index >= 15 is 0 Å². The molecule has 0 radical (unpaired) electrons. The van der Waals surface area contributed by atoms with Gasteiger partial charge in [-0.3, -0.25) is 4.79 Å². The normalized spacial score (nSPS) is 29.7. The maximum atomic E-state index is 12.3. The number of fused-ring (bicyclic) bond motifs is 1. The van der Waals surface area contributed by atoms with E-state index in [9.17, 15) is 9.59 Å². The molecule has 7 nitrogen and oxygen atoms in total. The maximum Gasteiger partial charge on any atom is 0.494 e. The summed E-state index contributed by atoms with van der Waals surface area (Å²) in [6, 6.07) is 7.71. The van der Waals surface area contributed by atoms with Gasteiger partial charge in [-0.1, -0.05) is 37.3 Å². The van der Waals surface area contributed by atoms with Crippen LogP contribution in [0.3, 0.4) is 0 Å². The number of carbonyl (C=O) groups is 2. The molecule has 1 aliphatic heterocycles. The van der Waals surface area contributed by atoms with Crippen LogP contribution in [0.5, 0.6) is 0 Å². The van der Waals surface area contributed by atoms with Gasteiger partial charge in [0, 0.05) is 12.0 Å². The van der Waals surface area contributed by atoms with Crippen LogP contribution in [0.15, 0.2) is 35.9 Å². The molecule has 4 rings (SSSR count). The van der Waals surface area contributed by atoms with Crippen LogP contribution in [-0.4, -0.2) is 43.4 Å². The molecule has 166 valence electrons. The van der Waals surface area contributed by atoms with E-state index in [-0.39, 0.29) is 29.3 Å². The summed E-state index contributed by atoms with van der Waals surface area (Å²) in [6.45, 7) is 11.1. The average molecular weight is 426 g/mol. The summed E-state index contributed by atoms with van der Waals surface area (Å²) < 4.78 is 17.6. The van der Waals surface area contributed by atoms with E-state index in [1.165, 1.54) is 5.57 Å². The number of amides is 2. The lowest BCUT2D eigenvalue weighted by atomic mass is 9.79. The monoisotopic (exact) mass is 426 g/mol. The summed E-state index contributed by atoms with van der Waals surface area (Å²) >= 11 is 0. The molecular formula is C23H31BN2O5. The average Bonchev–Trinajstić information content (AvgIpc) is 3.26. The van der Waals surface area contributed by atoms with Crippen molar-refractivity contribution in [2.75, 3.05) is 6.54 Å². The van der Waals surface area contributed by atoms with Crippen LogP contribution in [0, 0.1) is 11.3 Å². The zero-order valence-electron chi connectivity index (χ0n) is 18.9. The first-order valence-corrected chi connectivity index (χ1v) is 10.8. The lowest BCUT2D eigenvalue weighted by Gasteiger charge is -2.32. The molecule has 1 aromatic carbocycles. The zero-order chi connectivity index (χ0) is 22.4. The molecule has 1 saturated carbocycles. The molecule has 2 fully saturated rings. The number of ether oxygens (including phenoxy) is 1. The second-order valence-electron chi connectivity index (χ2n) is 9.94. The van der Waals surface area contributed by atoms with Gasteiger partial charge in [-0.25, -0.2) is 4.79 Å². The molecule has 1 heterocycles. The van der Waals surface area contributed by atoms with Gasteiger partial charge in [0.15, 0.2) is 0 Å².